The minimum Gasteiger partial charge on any atom is -0.346 e. The first-order valence-corrected chi connectivity index (χ1v) is 2.62. The molecule has 0 nitrogen and oxygen atoms in total. The second-order valence-corrected chi connectivity index (χ2v) is 1.08. The van der Waals surface area contributed by atoms with Gasteiger partial charge in [0.1, 0.15) is 0 Å². The van der Waals surface area contributed by atoms with Crippen molar-refractivity contribution in [2.75, 3.05) is 0 Å². The second-order valence-electron chi connectivity index (χ2n) is 1.08. The van der Waals surface area contributed by atoms with Crippen LogP contribution in [0.15, 0.2) is 30.3 Å². The summed E-state index contributed by atoms with van der Waals surface area (Å²) in [6, 6.07) is 12.5. The van der Waals surface area contributed by atoms with Crippen molar-refractivity contribution in [3.63, 3.8) is 0 Å². The molecule has 44 valence electrons. The normalized spacial score (nSPS) is 6.00. The third-order valence-electron chi connectivity index (χ3n) is 0.607. The van der Waals surface area contributed by atoms with Gasteiger partial charge in [-0.05, 0) is 0 Å². The zero-order valence-electron chi connectivity index (χ0n) is 6.09. The zero-order chi connectivity index (χ0) is 6.24. The van der Waals surface area contributed by atoms with Gasteiger partial charge in [0.2, 0.25) is 0 Å². The van der Waals surface area contributed by atoms with E-state index in [4.69, 9.17) is 0 Å². The van der Waals surface area contributed by atoms with Gasteiger partial charge in [-0.3, -0.25) is 0 Å². The molecule has 9 heavy (non-hydrogen) atoms. The maximum atomic E-state index is 3.25. The van der Waals surface area contributed by atoms with Crippen molar-refractivity contribution >= 4 is 0 Å². The van der Waals surface area contributed by atoms with Crippen molar-refractivity contribution in [3.05, 3.63) is 43.3 Å². The van der Waals surface area contributed by atoms with Gasteiger partial charge in [0, 0.05) is 0 Å². The number of rotatable bonds is 0. The van der Waals surface area contributed by atoms with E-state index in [1.165, 1.54) is 0 Å². The van der Waals surface area contributed by atoms with E-state index >= 15 is 0 Å². The van der Waals surface area contributed by atoms with Gasteiger partial charge in [0.15, 0.2) is 0 Å². The SMILES string of the molecule is [CH2-]C.[Na+].[c-]1ccccc1. The summed E-state index contributed by atoms with van der Waals surface area (Å²) in [6.07, 6.45) is 0. The molecule has 0 amide bonds. The molecule has 1 aromatic carbocycles. The topological polar surface area (TPSA) is 0 Å². The van der Waals surface area contributed by atoms with Crippen LogP contribution in [0.25, 0.3) is 0 Å². The summed E-state index contributed by atoms with van der Waals surface area (Å²) in [4.78, 5) is 0. The Hall–Kier alpha value is 0.220. The molecule has 0 N–H and O–H groups in total. The van der Waals surface area contributed by atoms with E-state index in [1.54, 1.807) is 6.92 Å². The van der Waals surface area contributed by atoms with Crippen LogP contribution in [0.1, 0.15) is 6.92 Å². The molecule has 0 aromatic heterocycles. The molecule has 0 fully saturated rings. The summed E-state index contributed by atoms with van der Waals surface area (Å²) in [5, 5.41) is 0. The Morgan fingerprint density at radius 1 is 1.00 bits per heavy atom. The first-order valence-electron chi connectivity index (χ1n) is 2.62. The Bertz CT molecular complexity index is 76.5. The molecule has 0 aliphatic rings. The minimum atomic E-state index is 0. The fourth-order valence-corrected chi connectivity index (χ4v) is 0.342. The molecule has 0 saturated heterocycles. The first kappa shape index (κ1) is 12.0. The van der Waals surface area contributed by atoms with E-state index in [9.17, 15) is 0 Å². The summed E-state index contributed by atoms with van der Waals surface area (Å²) in [5.74, 6) is 0. The Balaban J connectivity index is 0. The average Bonchev–Trinajstić information content (AvgIpc) is 1.96. The van der Waals surface area contributed by atoms with Crippen LogP contribution in [-0.2, 0) is 0 Å². The quantitative estimate of drug-likeness (QED) is 0.322. The number of benzene rings is 1. The Morgan fingerprint density at radius 2 is 1.44 bits per heavy atom. The van der Waals surface area contributed by atoms with Crippen LogP contribution < -0.4 is 29.6 Å². The molecule has 0 bridgehead atoms. The number of hydrogen-bond acceptors (Lipinski definition) is 0. The van der Waals surface area contributed by atoms with E-state index < -0.39 is 0 Å². The van der Waals surface area contributed by atoms with E-state index in [1.807, 2.05) is 30.3 Å². The predicted molar refractivity (Wildman–Crippen MR) is 36.3 cm³/mol. The van der Waals surface area contributed by atoms with Crippen LogP contribution >= 0.6 is 0 Å². The average molecular weight is 129 g/mol. The van der Waals surface area contributed by atoms with Gasteiger partial charge in [-0.15, -0.1) is 0 Å². The van der Waals surface area contributed by atoms with Gasteiger partial charge in [0.25, 0.3) is 0 Å². The van der Waals surface area contributed by atoms with Crippen molar-refractivity contribution in [1.82, 2.24) is 0 Å². The molecule has 0 saturated carbocycles. The Labute approximate surface area is 79.6 Å². The largest absolute Gasteiger partial charge is 1.00 e. The van der Waals surface area contributed by atoms with E-state index in [0.29, 0.717) is 0 Å². The molecule has 0 atom stereocenters. The molecule has 0 spiro atoms. The third kappa shape index (κ3) is 8.22. The van der Waals surface area contributed by atoms with Crippen molar-refractivity contribution in [1.29, 1.82) is 0 Å². The van der Waals surface area contributed by atoms with Crippen molar-refractivity contribution in [2.24, 2.45) is 0 Å². The summed E-state index contributed by atoms with van der Waals surface area (Å²) in [7, 11) is 0. The fraction of sp³-hybridized carbons (Fsp3) is 0.125. The van der Waals surface area contributed by atoms with Gasteiger partial charge in [0.05, 0.1) is 0 Å². The smallest absolute Gasteiger partial charge is 0.346 e. The van der Waals surface area contributed by atoms with Gasteiger partial charge in [-0.1, -0.05) is 0 Å². The summed E-state index contributed by atoms with van der Waals surface area (Å²) >= 11 is 0. The maximum Gasteiger partial charge on any atom is 1.00 e. The van der Waals surface area contributed by atoms with Crippen LogP contribution in [0.3, 0.4) is 0 Å². The van der Waals surface area contributed by atoms with Crippen LogP contribution in [0.5, 0.6) is 0 Å². The van der Waals surface area contributed by atoms with Crippen molar-refractivity contribution in [2.45, 2.75) is 6.92 Å². The predicted octanol–water partition coefficient (Wildman–Crippen LogP) is -0.669. The first-order chi connectivity index (χ1) is 4.00. The molecule has 1 aromatic rings. The molecular weight excluding hydrogens is 119 g/mol. The van der Waals surface area contributed by atoms with Gasteiger partial charge >= 0.3 is 29.6 Å². The van der Waals surface area contributed by atoms with Crippen LogP contribution in [0.2, 0.25) is 0 Å². The van der Waals surface area contributed by atoms with Crippen LogP contribution in [0.4, 0.5) is 0 Å². The molecule has 0 radical (unpaired) electrons. The summed E-state index contributed by atoms with van der Waals surface area (Å²) < 4.78 is 0. The monoisotopic (exact) mass is 129 g/mol. The van der Waals surface area contributed by atoms with E-state index in [2.05, 4.69) is 13.0 Å². The summed E-state index contributed by atoms with van der Waals surface area (Å²) in [5.41, 5.74) is 0. The van der Waals surface area contributed by atoms with Crippen molar-refractivity contribution in [3.8, 4) is 0 Å². The molecule has 0 unspecified atom stereocenters. The third-order valence-corrected chi connectivity index (χ3v) is 0.607. The Morgan fingerprint density at radius 3 is 1.56 bits per heavy atom. The number of hydrogen-bond donors (Lipinski definition) is 0. The van der Waals surface area contributed by atoms with Crippen LogP contribution in [0, 0.1) is 13.0 Å². The van der Waals surface area contributed by atoms with Crippen LogP contribution in [-0.4, -0.2) is 0 Å². The van der Waals surface area contributed by atoms with Crippen molar-refractivity contribution < 1.29 is 29.6 Å². The van der Waals surface area contributed by atoms with E-state index in [-0.39, 0.29) is 29.6 Å². The molecule has 1 rings (SSSR count). The zero-order valence-corrected chi connectivity index (χ0v) is 8.09. The fourth-order valence-electron chi connectivity index (χ4n) is 0.342. The Kier molecular flexibility index (Phi) is 14.7. The maximum absolute atomic E-state index is 3.25. The minimum absolute atomic E-state index is 0. The van der Waals surface area contributed by atoms with Gasteiger partial charge in [-0.25, -0.2) is 0 Å². The standard InChI is InChI=1S/C6H5.C2H5.Na/c1-2-4-6-5-3-1;1-2;/h1-5H;1H2,2H3;/q2*-1;+1. The molecule has 0 aliphatic carbocycles. The molecule has 1 heteroatoms. The molecule has 0 aliphatic heterocycles. The van der Waals surface area contributed by atoms with E-state index in [0.717, 1.165) is 0 Å². The second kappa shape index (κ2) is 11.1. The van der Waals surface area contributed by atoms with Gasteiger partial charge < -0.3 is 6.92 Å². The summed E-state index contributed by atoms with van der Waals surface area (Å²) in [6.45, 7) is 5.00. The van der Waals surface area contributed by atoms with Gasteiger partial charge in [-0.2, -0.15) is 43.3 Å². The molecular formula is C8H10Na-. The molecule has 0 heterocycles.